The molecule has 0 saturated heterocycles. The monoisotopic (exact) mass is 276 g/mol. The van der Waals surface area contributed by atoms with Crippen LogP contribution in [0.4, 0.5) is 14.5 Å². The first kappa shape index (κ1) is 14.0. The van der Waals surface area contributed by atoms with Gasteiger partial charge in [-0.15, -0.1) is 0 Å². The molecule has 1 amide bonds. The first-order valence-electron chi connectivity index (χ1n) is 6.05. The maximum Gasteiger partial charge on any atom is 0.244 e. The lowest BCUT2D eigenvalue weighted by molar-refractivity contribution is -0.118. The highest BCUT2D eigenvalue weighted by Gasteiger charge is 2.20. The van der Waals surface area contributed by atoms with Crippen molar-refractivity contribution in [2.24, 2.45) is 5.73 Å². The van der Waals surface area contributed by atoms with Crippen molar-refractivity contribution in [1.29, 1.82) is 0 Å². The van der Waals surface area contributed by atoms with E-state index in [9.17, 15) is 13.6 Å². The Morgan fingerprint density at radius 1 is 1.15 bits per heavy atom. The number of hydrogen-bond acceptors (Lipinski definition) is 2. The normalized spacial score (nSPS) is 11.9. The van der Waals surface area contributed by atoms with Crippen molar-refractivity contribution in [2.75, 3.05) is 5.32 Å². The number of benzene rings is 2. The van der Waals surface area contributed by atoms with Crippen molar-refractivity contribution in [3.63, 3.8) is 0 Å². The zero-order valence-electron chi connectivity index (χ0n) is 10.9. The number of halogens is 2. The number of hydrogen-bond donors (Lipinski definition) is 2. The van der Waals surface area contributed by atoms with Crippen molar-refractivity contribution in [2.45, 2.75) is 13.0 Å². The van der Waals surface area contributed by atoms with Gasteiger partial charge in [-0.05, 0) is 48.4 Å². The molecule has 0 spiro atoms. The van der Waals surface area contributed by atoms with Crippen LogP contribution in [0.15, 0.2) is 42.5 Å². The Morgan fingerprint density at radius 2 is 1.85 bits per heavy atom. The average Bonchev–Trinajstić information content (AvgIpc) is 2.39. The fourth-order valence-corrected chi connectivity index (χ4v) is 1.97. The zero-order chi connectivity index (χ0) is 14.7. The lowest BCUT2D eigenvalue weighted by Crippen LogP contribution is -2.28. The second-order valence-corrected chi connectivity index (χ2v) is 4.49. The third kappa shape index (κ3) is 3.12. The maximum atomic E-state index is 13.3. The van der Waals surface area contributed by atoms with Crippen LogP contribution < -0.4 is 11.1 Å². The van der Waals surface area contributed by atoms with Crippen LogP contribution in [-0.2, 0) is 4.79 Å². The molecule has 0 radical (unpaired) electrons. The molecule has 0 heterocycles. The van der Waals surface area contributed by atoms with Crippen molar-refractivity contribution in [1.82, 2.24) is 0 Å². The van der Waals surface area contributed by atoms with Gasteiger partial charge in [0.05, 0.1) is 0 Å². The minimum absolute atomic E-state index is 0.400. The Bertz CT molecular complexity index is 644. The molecular formula is C15H14F2N2O. The highest BCUT2D eigenvalue weighted by atomic mass is 19.1. The summed E-state index contributed by atoms with van der Waals surface area (Å²) in [5.74, 6) is -1.56. The Kier molecular flexibility index (Phi) is 3.98. The molecule has 1 atom stereocenters. The number of carbonyl (C=O) groups is 1. The van der Waals surface area contributed by atoms with Crippen molar-refractivity contribution < 1.29 is 13.6 Å². The van der Waals surface area contributed by atoms with Crippen LogP contribution in [0.1, 0.15) is 17.2 Å². The molecule has 0 aliphatic heterocycles. The first-order chi connectivity index (χ1) is 9.47. The molecule has 1 unspecified atom stereocenters. The van der Waals surface area contributed by atoms with Crippen molar-refractivity contribution in [3.8, 4) is 0 Å². The predicted molar refractivity (Wildman–Crippen MR) is 73.1 cm³/mol. The summed E-state index contributed by atoms with van der Waals surface area (Å²) in [5.41, 5.74) is 6.91. The number of anilines is 1. The van der Waals surface area contributed by atoms with Crippen LogP contribution in [0.2, 0.25) is 0 Å². The van der Waals surface area contributed by atoms with Gasteiger partial charge in [-0.25, -0.2) is 8.78 Å². The molecule has 0 saturated carbocycles. The molecule has 0 aliphatic rings. The summed E-state index contributed by atoms with van der Waals surface area (Å²) in [6.07, 6.45) is 0. The number of rotatable bonds is 4. The quantitative estimate of drug-likeness (QED) is 0.902. The average molecular weight is 276 g/mol. The Morgan fingerprint density at radius 3 is 2.50 bits per heavy atom. The van der Waals surface area contributed by atoms with E-state index in [1.807, 2.05) is 0 Å². The second-order valence-electron chi connectivity index (χ2n) is 4.49. The topological polar surface area (TPSA) is 55.1 Å². The summed E-state index contributed by atoms with van der Waals surface area (Å²) in [6.45, 7) is 1.75. The molecule has 0 aliphatic carbocycles. The van der Waals surface area contributed by atoms with Crippen LogP contribution >= 0.6 is 0 Å². The van der Waals surface area contributed by atoms with Crippen LogP contribution in [0, 0.1) is 18.6 Å². The molecular weight excluding hydrogens is 262 g/mol. The van der Waals surface area contributed by atoms with E-state index >= 15 is 0 Å². The van der Waals surface area contributed by atoms with Gasteiger partial charge in [-0.1, -0.05) is 12.1 Å². The Labute approximate surface area is 115 Å². The first-order valence-corrected chi connectivity index (χ1v) is 6.05. The van der Waals surface area contributed by atoms with E-state index in [4.69, 9.17) is 5.73 Å². The highest BCUT2D eigenvalue weighted by Crippen LogP contribution is 2.23. The third-order valence-electron chi connectivity index (χ3n) is 2.97. The molecule has 0 aromatic heterocycles. The predicted octanol–water partition coefficient (Wildman–Crippen LogP) is 2.91. The van der Waals surface area contributed by atoms with E-state index in [0.29, 0.717) is 11.3 Å². The number of primary amides is 1. The fraction of sp³-hybridized carbons (Fsp3) is 0.133. The van der Waals surface area contributed by atoms with Crippen molar-refractivity contribution >= 4 is 11.6 Å². The van der Waals surface area contributed by atoms with E-state index in [1.54, 1.807) is 19.1 Å². The van der Waals surface area contributed by atoms with Gasteiger partial charge in [-0.3, -0.25) is 4.79 Å². The molecule has 5 heteroatoms. The van der Waals surface area contributed by atoms with E-state index in [-0.39, 0.29) is 0 Å². The summed E-state index contributed by atoms with van der Waals surface area (Å²) in [4.78, 5) is 11.6. The van der Waals surface area contributed by atoms with Gasteiger partial charge in [0.25, 0.3) is 0 Å². The molecule has 2 aromatic rings. The zero-order valence-corrected chi connectivity index (χ0v) is 10.9. The summed E-state index contributed by atoms with van der Waals surface area (Å²) in [6, 6.07) is 8.83. The van der Waals surface area contributed by atoms with Gasteiger partial charge in [0.15, 0.2) is 0 Å². The van der Waals surface area contributed by atoms with Crippen molar-refractivity contribution in [3.05, 3.63) is 65.2 Å². The van der Waals surface area contributed by atoms with Crippen LogP contribution in [0.3, 0.4) is 0 Å². The maximum absolute atomic E-state index is 13.3. The minimum atomic E-state index is -0.924. The molecule has 20 heavy (non-hydrogen) atoms. The lowest BCUT2D eigenvalue weighted by atomic mass is 10.00. The van der Waals surface area contributed by atoms with Gasteiger partial charge in [0, 0.05) is 5.69 Å². The van der Waals surface area contributed by atoms with Gasteiger partial charge in [0.1, 0.15) is 17.7 Å². The summed E-state index contributed by atoms with van der Waals surface area (Å²) in [7, 11) is 0. The van der Waals surface area contributed by atoms with Crippen LogP contribution in [0.25, 0.3) is 0 Å². The summed E-state index contributed by atoms with van der Waals surface area (Å²) in [5, 5.41) is 2.82. The van der Waals surface area contributed by atoms with E-state index in [1.165, 1.54) is 30.3 Å². The van der Waals surface area contributed by atoms with Gasteiger partial charge < -0.3 is 11.1 Å². The smallest absolute Gasteiger partial charge is 0.244 e. The molecule has 2 aromatic carbocycles. The Hall–Kier alpha value is -2.43. The standard InChI is InChI=1S/C15H14F2N2O/c1-9-5-6-11(17)8-13(9)14(15(18)20)19-12-4-2-3-10(16)7-12/h2-8,14,19H,1H3,(H2,18,20). The molecule has 0 bridgehead atoms. The Balaban J connectivity index is 2.37. The second kappa shape index (κ2) is 5.69. The van der Waals surface area contributed by atoms with E-state index in [2.05, 4.69) is 5.32 Å². The summed E-state index contributed by atoms with van der Waals surface area (Å²) < 4.78 is 26.5. The highest BCUT2D eigenvalue weighted by molar-refractivity contribution is 5.84. The van der Waals surface area contributed by atoms with E-state index < -0.39 is 23.6 Å². The SMILES string of the molecule is Cc1ccc(F)cc1C(Nc1cccc(F)c1)C(N)=O. The fourth-order valence-electron chi connectivity index (χ4n) is 1.97. The minimum Gasteiger partial charge on any atom is -0.370 e. The number of aryl methyl sites for hydroxylation is 1. The largest absolute Gasteiger partial charge is 0.370 e. The van der Waals surface area contributed by atoms with Gasteiger partial charge in [-0.2, -0.15) is 0 Å². The molecule has 0 fully saturated rings. The number of carbonyl (C=O) groups excluding carboxylic acids is 1. The molecule has 3 N–H and O–H groups in total. The van der Waals surface area contributed by atoms with Crippen LogP contribution in [0.5, 0.6) is 0 Å². The number of amides is 1. The van der Waals surface area contributed by atoms with Gasteiger partial charge >= 0.3 is 0 Å². The van der Waals surface area contributed by atoms with Gasteiger partial charge in [0.2, 0.25) is 5.91 Å². The summed E-state index contributed by atoms with van der Waals surface area (Å²) >= 11 is 0. The molecule has 2 rings (SSSR count). The number of nitrogens with one attached hydrogen (secondary N) is 1. The van der Waals surface area contributed by atoms with E-state index in [0.717, 1.165) is 5.56 Å². The lowest BCUT2D eigenvalue weighted by Gasteiger charge is -2.19. The number of nitrogens with two attached hydrogens (primary N) is 1. The molecule has 104 valence electrons. The molecule has 3 nitrogen and oxygen atoms in total. The van der Waals surface area contributed by atoms with Crippen LogP contribution in [-0.4, -0.2) is 5.91 Å². The third-order valence-corrected chi connectivity index (χ3v) is 2.97.